The van der Waals surface area contributed by atoms with E-state index in [0.717, 1.165) is 31.9 Å². The van der Waals surface area contributed by atoms with Crippen LogP contribution in [0.4, 0.5) is 10.6 Å². The second kappa shape index (κ2) is 7.94. The second-order valence-corrected chi connectivity index (χ2v) is 10.5. The molecular formula is C17H25ClN6O4S. The normalized spacial score (nSPS) is 20.4. The van der Waals surface area contributed by atoms with E-state index in [9.17, 15) is 13.2 Å². The predicted molar refractivity (Wildman–Crippen MR) is 109 cm³/mol. The number of nitrogens with zero attached hydrogens (tertiary/aromatic N) is 3. The molecule has 2 heterocycles. The summed E-state index contributed by atoms with van der Waals surface area (Å²) in [6, 6.07) is 0.0700. The summed E-state index contributed by atoms with van der Waals surface area (Å²) in [6.45, 7) is 5.46. The predicted octanol–water partition coefficient (Wildman–Crippen LogP) is 2.66. The maximum Gasteiger partial charge on any atom is 0.407 e. The Morgan fingerprint density at radius 1 is 1.17 bits per heavy atom. The number of rotatable bonds is 4. The minimum absolute atomic E-state index is 0.0215. The quantitative estimate of drug-likeness (QED) is 0.611. The van der Waals surface area contributed by atoms with Gasteiger partial charge in [0.25, 0.3) is 0 Å². The number of hydrogen-bond acceptors (Lipinski definition) is 8. The summed E-state index contributed by atoms with van der Waals surface area (Å²) >= 11 is 5.97. The third-order valence-corrected chi connectivity index (χ3v) is 5.72. The number of H-pyrrole nitrogens is 1. The van der Waals surface area contributed by atoms with Crippen LogP contribution in [0.1, 0.15) is 46.5 Å². The molecule has 1 saturated carbocycles. The number of anilines is 1. The van der Waals surface area contributed by atoms with Gasteiger partial charge in [0.15, 0.2) is 20.5 Å². The molecule has 2 aromatic rings. The molecule has 1 aliphatic carbocycles. The van der Waals surface area contributed by atoms with Crippen LogP contribution in [0, 0.1) is 0 Å². The van der Waals surface area contributed by atoms with Crippen molar-refractivity contribution in [1.29, 1.82) is 0 Å². The fourth-order valence-electron chi connectivity index (χ4n) is 3.29. The van der Waals surface area contributed by atoms with E-state index in [1.165, 1.54) is 0 Å². The van der Waals surface area contributed by atoms with E-state index in [1.54, 1.807) is 0 Å². The molecule has 1 fully saturated rings. The molecule has 0 saturated heterocycles. The lowest BCUT2D eigenvalue weighted by Gasteiger charge is -2.30. The molecule has 160 valence electrons. The van der Waals surface area contributed by atoms with Crippen LogP contribution in [-0.4, -0.2) is 58.6 Å². The lowest BCUT2D eigenvalue weighted by atomic mass is 9.91. The van der Waals surface area contributed by atoms with Crippen molar-refractivity contribution in [2.75, 3.05) is 11.6 Å². The second-order valence-electron chi connectivity index (χ2n) is 8.20. The first-order valence-corrected chi connectivity index (χ1v) is 11.6. The molecule has 0 spiro atoms. The van der Waals surface area contributed by atoms with Crippen LogP contribution in [0.15, 0.2) is 5.03 Å². The van der Waals surface area contributed by atoms with E-state index < -0.39 is 21.5 Å². The van der Waals surface area contributed by atoms with Crippen molar-refractivity contribution < 1.29 is 17.9 Å². The number of halogens is 1. The Bertz CT molecular complexity index is 1010. The first kappa shape index (κ1) is 21.6. The van der Waals surface area contributed by atoms with E-state index in [1.807, 2.05) is 20.8 Å². The van der Waals surface area contributed by atoms with Crippen LogP contribution in [0.2, 0.25) is 5.28 Å². The zero-order valence-corrected chi connectivity index (χ0v) is 18.3. The Morgan fingerprint density at radius 3 is 2.38 bits per heavy atom. The van der Waals surface area contributed by atoms with Crippen molar-refractivity contribution in [2.45, 2.75) is 69.2 Å². The van der Waals surface area contributed by atoms with Gasteiger partial charge in [-0.1, -0.05) is 0 Å². The minimum atomic E-state index is -3.54. The molecule has 1 amide bonds. The van der Waals surface area contributed by atoms with Gasteiger partial charge >= 0.3 is 6.09 Å². The number of fused-ring (bicyclic) bond motifs is 1. The number of aromatic nitrogens is 4. The molecule has 0 radical (unpaired) electrons. The molecule has 0 unspecified atom stereocenters. The first-order chi connectivity index (χ1) is 13.4. The number of sulfone groups is 1. The average molecular weight is 445 g/mol. The molecule has 0 atom stereocenters. The number of carbonyl (C=O) groups is 1. The maximum atomic E-state index is 12.0. The summed E-state index contributed by atoms with van der Waals surface area (Å²) in [4.78, 5) is 20.1. The number of aromatic amines is 1. The van der Waals surface area contributed by atoms with Crippen LogP contribution in [0.25, 0.3) is 11.0 Å². The monoisotopic (exact) mass is 444 g/mol. The van der Waals surface area contributed by atoms with Crippen molar-refractivity contribution in [3.05, 3.63) is 5.28 Å². The van der Waals surface area contributed by atoms with Gasteiger partial charge in [0.2, 0.25) is 5.28 Å². The Morgan fingerprint density at radius 2 is 1.79 bits per heavy atom. The number of hydrogen-bond donors (Lipinski definition) is 3. The van der Waals surface area contributed by atoms with Crippen molar-refractivity contribution in [3.8, 4) is 0 Å². The van der Waals surface area contributed by atoms with Gasteiger partial charge in [0.1, 0.15) is 16.8 Å². The first-order valence-electron chi connectivity index (χ1n) is 9.30. The van der Waals surface area contributed by atoms with Gasteiger partial charge in [-0.25, -0.2) is 13.2 Å². The molecule has 10 nitrogen and oxygen atoms in total. The summed E-state index contributed by atoms with van der Waals surface area (Å²) in [7, 11) is -3.54. The molecule has 0 aliphatic heterocycles. The van der Waals surface area contributed by atoms with Crippen molar-refractivity contribution >= 4 is 44.4 Å². The van der Waals surface area contributed by atoms with Gasteiger partial charge in [-0.05, 0) is 58.1 Å². The molecule has 3 N–H and O–H groups in total. The van der Waals surface area contributed by atoms with Crippen molar-refractivity contribution in [3.63, 3.8) is 0 Å². The highest BCUT2D eigenvalue weighted by Crippen LogP contribution is 2.30. The molecule has 2 aromatic heterocycles. The number of amides is 1. The molecular weight excluding hydrogens is 420 g/mol. The lowest BCUT2D eigenvalue weighted by molar-refractivity contribution is 0.0492. The minimum Gasteiger partial charge on any atom is -0.444 e. The van der Waals surface area contributed by atoms with Crippen molar-refractivity contribution in [1.82, 2.24) is 25.5 Å². The highest BCUT2D eigenvalue weighted by molar-refractivity contribution is 7.90. The van der Waals surface area contributed by atoms with Crippen LogP contribution < -0.4 is 10.6 Å². The summed E-state index contributed by atoms with van der Waals surface area (Å²) in [5, 5.41) is 12.8. The van der Waals surface area contributed by atoms with Gasteiger partial charge in [0, 0.05) is 18.3 Å². The number of carbonyl (C=O) groups excluding carboxylic acids is 1. The fourth-order valence-corrected chi connectivity index (χ4v) is 4.23. The Hall–Kier alpha value is -2.14. The van der Waals surface area contributed by atoms with Gasteiger partial charge in [-0.3, -0.25) is 5.10 Å². The highest BCUT2D eigenvalue weighted by Gasteiger charge is 2.27. The van der Waals surface area contributed by atoms with E-state index in [0.29, 0.717) is 11.2 Å². The molecule has 12 heteroatoms. The molecule has 3 rings (SSSR count). The summed E-state index contributed by atoms with van der Waals surface area (Å²) in [5.41, 5.74) is -0.351. The lowest BCUT2D eigenvalue weighted by Crippen LogP contribution is -2.42. The standard InChI is InChI=1S/C17H25ClN6O4S/c1-17(2,3)28-16(25)20-10-7-5-9(6-8-10)19-12-11-13(22-15(18)21-12)23-24-14(11)29(4,26)27/h9-10H,5-8H2,1-4H3,(H,20,25)(H2,19,21,22,23,24). The summed E-state index contributed by atoms with van der Waals surface area (Å²) < 4.78 is 29.4. The van der Waals surface area contributed by atoms with Crippen molar-refractivity contribution in [2.24, 2.45) is 0 Å². The third-order valence-electron chi connectivity index (χ3n) is 4.51. The average Bonchev–Trinajstić information content (AvgIpc) is 2.99. The van der Waals surface area contributed by atoms with Crippen LogP contribution in [0.3, 0.4) is 0 Å². The van der Waals surface area contributed by atoms with Gasteiger partial charge < -0.3 is 15.4 Å². The van der Waals surface area contributed by atoms with E-state index in [-0.39, 0.29) is 28.0 Å². The Balaban J connectivity index is 1.69. The van der Waals surface area contributed by atoms with Crippen LogP contribution in [0.5, 0.6) is 0 Å². The zero-order valence-electron chi connectivity index (χ0n) is 16.7. The maximum absolute atomic E-state index is 12.0. The van der Waals surface area contributed by atoms with Gasteiger partial charge in [-0.15, -0.1) is 0 Å². The molecule has 29 heavy (non-hydrogen) atoms. The molecule has 0 aromatic carbocycles. The highest BCUT2D eigenvalue weighted by atomic mass is 35.5. The van der Waals surface area contributed by atoms with Crippen LogP contribution >= 0.6 is 11.6 Å². The van der Waals surface area contributed by atoms with E-state index >= 15 is 0 Å². The Labute approximate surface area is 174 Å². The SMILES string of the molecule is CC(C)(C)OC(=O)NC1CCC(Nc2nc(Cl)nc3n[nH]c(S(C)(=O)=O)c23)CC1. The third kappa shape index (κ3) is 5.47. The fraction of sp³-hybridized carbons (Fsp3) is 0.647. The summed E-state index contributed by atoms with van der Waals surface area (Å²) in [6.07, 6.45) is 3.69. The Kier molecular flexibility index (Phi) is 5.91. The van der Waals surface area contributed by atoms with Gasteiger partial charge in [-0.2, -0.15) is 15.1 Å². The smallest absolute Gasteiger partial charge is 0.407 e. The molecule has 1 aliphatic rings. The largest absolute Gasteiger partial charge is 0.444 e. The van der Waals surface area contributed by atoms with Crippen LogP contribution in [-0.2, 0) is 14.6 Å². The molecule has 0 bridgehead atoms. The van der Waals surface area contributed by atoms with E-state index in [4.69, 9.17) is 16.3 Å². The van der Waals surface area contributed by atoms with Gasteiger partial charge in [0.05, 0.1) is 0 Å². The summed E-state index contributed by atoms with van der Waals surface area (Å²) in [5.74, 6) is 0.331. The zero-order chi connectivity index (χ0) is 21.4. The number of nitrogens with one attached hydrogen (secondary N) is 3. The number of alkyl carbamates (subject to hydrolysis) is 1. The topological polar surface area (TPSA) is 139 Å². The number of ether oxygens (including phenoxy) is 1. The van der Waals surface area contributed by atoms with E-state index in [2.05, 4.69) is 30.8 Å².